The average Bonchev–Trinajstić information content (AvgIpc) is 2.30. The van der Waals surface area contributed by atoms with Crippen molar-refractivity contribution in [2.75, 3.05) is 32.7 Å². The van der Waals surface area contributed by atoms with Crippen molar-refractivity contribution in [2.45, 2.75) is 13.3 Å². The molecule has 0 aromatic heterocycles. The number of aryl methyl sites for hydroxylation is 1. The molecule has 0 radical (unpaired) electrons. The molecule has 1 saturated heterocycles. The summed E-state index contributed by atoms with van der Waals surface area (Å²) in [6.07, 6.45) is 1.18. The van der Waals surface area contributed by atoms with Crippen LogP contribution in [0, 0.1) is 6.92 Å². The van der Waals surface area contributed by atoms with Crippen molar-refractivity contribution in [3.8, 4) is 0 Å². The van der Waals surface area contributed by atoms with Crippen LogP contribution in [0.3, 0.4) is 0 Å². The minimum Gasteiger partial charge on any atom is -0.314 e. The molecule has 1 heterocycles. The van der Waals surface area contributed by atoms with E-state index >= 15 is 0 Å². The van der Waals surface area contributed by atoms with Gasteiger partial charge in [-0.3, -0.25) is 0 Å². The fraction of sp³-hybridized carbons (Fsp3) is 0.538. The molecule has 0 atom stereocenters. The van der Waals surface area contributed by atoms with Gasteiger partial charge in [-0.25, -0.2) is 0 Å². The lowest BCUT2D eigenvalue weighted by Crippen LogP contribution is -2.44. The molecule has 2 nitrogen and oxygen atoms in total. The van der Waals surface area contributed by atoms with Crippen molar-refractivity contribution in [3.63, 3.8) is 0 Å². The summed E-state index contributed by atoms with van der Waals surface area (Å²) < 4.78 is 0. The van der Waals surface area contributed by atoms with E-state index in [1.54, 1.807) is 0 Å². The van der Waals surface area contributed by atoms with Gasteiger partial charge in [0, 0.05) is 32.7 Å². The number of nitrogens with one attached hydrogen (secondary N) is 1. The Hall–Kier alpha value is -0.280. The highest BCUT2D eigenvalue weighted by Crippen LogP contribution is 2.05. The van der Waals surface area contributed by atoms with E-state index < -0.39 is 0 Å². The maximum absolute atomic E-state index is 3.38. The highest BCUT2D eigenvalue weighted by Gasteiger charge is 2.08. The van der Waals surface area contributed by atoms with Gasteiger partial charge in [0.2, 0.25) is 0 Å². The van der Waals surface area contributed by atoms with E-state index in [0.29, 0.717) is 0 Å². The van der Waals surface area contributed by atoms with Crippen LogP contribution in [0.1, 0.15) is 11.1 Å². The molecule has 1 N–H and O–H groups in total. The van der Waals surface area contributed by atoms with Crippen molar-refractivity contribution in [2.24, 2.45) is 0 Å². The third kappa shape index (κ3) is 5.73. The molecule has 1 aromatic rings. The van der Waals surface area contributed by atoms with Gasteiger partial charge in [-0.2, -0.15) is 0 Å². The van der Waals surface area contributed by atoms with E-state index in [2.05, 4.69) is 41.4 Å². The van der Waals surface area contributed by atoms with Gasteiger partial charge in [0.25, 0.3) is 0 Å². The molecule has 0 spiro atoms. The fourth-order valence-corrected chi connectivity index (χ4v) is 1.98. The molecule has 0 bridgehead atoms. The van der Waals surface area contributed by atoms with Gasteiger partial charge in [-0.1, -0.05) is 29.8 Å². The molecular weight excluding hydrogens is 255 g/mol. The summed E-state index contributed by atoms with van der Waals surface area (Å²) in [4.78, 5) is 2.54. The molecule has 0 saturated carbocycles. The maximum atomic E-state index is 3.38. The lowest BCUT2D eigenvalue weighted by molar-refractivity contribution is 0.244. The van der Waals surface area contributed by atoms with Gasteiger partial charge in [0.15, 0.2) is 0 Å². The van der Waals surface area contributed by atoms with Gasteiger partial charge < -0.3 is 10.2 Å². The molecule has 0 aliphatic carbocycles. The molecule has 4 heteroatoms. The highest BCUT2D eigenvalue weighted by molar-refractivity contribution is 5.85. The normalized spacial score (nSPS) is 15.8. The second-order valence-corrected chi connectivity index (χ2v) is 4.33. The fourth-order valence-electron chi connectivity index (χ4n) is 1.98. The van der Waals surface area contributed by atoms with Crippen LogP contribution in [0.2, 0.25) is 0 Å². The Kier molecular flexibility index (Phi) is 8.61. The summed E-state index contributed by atoms with van der Waals surface area (Å²) in [5.41, 5.74) is 2.81. The zero-order valence-corrected chi connectivity index (χ0v) is 11.9. The second-order valence-electron chi connectivity index (χ2n) is 4.33. The van der Waals surface area contributed by atoms with Gasteiger partial charge in [0.1, 0.15) is 0 Å². The van der Waals surface area contributed by atoms with E-state index in [1.165, 1.54) is 37.2 Å². The van der Waals surface area contributed by atoms with E-state index in [0.717, 1.165) is 13.1 Å². The Morgan fingerprint density at radius 2 is 1.65 bits per heavy atom. The SMILES string of the molecule is Cc1ccc(CCN2CCNCC2)cc1.Cl.Cl. The third-order valence-electron chi connectivity index (χ3n) is 3.05. The van der Waals surface area contributed by atoms with E-state index in [-0.39, 0.29) is 24.8 Å². The topological polar surface area (TPSA) is 15.3 Å². The maximum Gasteiger partial charge on any atom is 0.0108 e. The zero-order chi connectivity index (χ0) is 10.5. The zero-order valence-electron chi connectivity index (χ0n) is 10.3. The smallest absolute Gasteiger partial charge is 0.0108 e. The average molecular weight is 277 g/mol. The standard InChI is InChI=1S/C13H20N2.2ClH/c1-12-2-4-13(5-3-12)6-9-15-10-7-14-8-11-15;;/h2-5,14H,6-11H2,1H3;2*1H. The number of hydrogen-bond acceptors (Lipinski definition) is 2. The number of piperazine rings is 1. The number of halogens is 2. The predicted octanol–water partition coefficient (Wildman–Crippen LogP) is 2.29. The van der Waals surface area contributed by atoms with Crippen LogP contribution in [0.4, 0.5) is 0 Å². The summed E-state index contributed by atoms with van der Waals surface area (Å²) in [6, 6.07) is 8.90. The summed E-state index contributed by atoms with van der Waals surface area (Å²) >= 11 is 0. The number of nitrogens with zero attached hydrogens (tertiary/aromatic N) is 1. The molecule has 17 heavy (non-hydrogen) atoms. The van der Waals surface area contributed by atoms with Crippen LogP contribution >= 0.6 is 24.8 Å². The number of benzene rings is 1. The molecule has 1 aromatic carbocycles. The third-order valence-corrected chi connectivity index (χ3v) is 3.05. The Balaban J connectivity index is 0.00000128. The monoisotopic (exact) mass is 276 g/mol. The van der Waals surface area contributed by atoms with E-state index in [4.69, 9.17) is 0 Å². The Morgan fingerprint density at radius 3 is 2.24 bits per heavy atom. The van der Waals surface area contributed by atoms with Gasteiger partial charge in [0.05, 0.1) is 0 Å². The van der Waals surface area contributed by atoms with E-state index in [9.17, 15) is 0 Å². The van der Waals surface area contributed by atoms with Gasteiger partial charge >= 0.3 is 0 Å². The summed E-state index contributed by atoms with van der Waals surface area (Å²) in [6.45, 7) is 8.03. The van der Waals surface area contributed by atoms with Crippen LogP contribution in [0.15, 0.2) is 24.3 Å². The Labute approximate surface area is 117 Å². The molecule has 2 rings (SSSR count). The number of rotatable bonds is 3. The van der Waals surface area contributed by atoms with Gasteiger partial charge in [-0.15, -0.1) is 24.8 Å². The minimum atomic E-state index is 0. The van der Waals surface area contributed by atoms with Crippen LogP contribution < -0.4 is 5.32 Å². The van der Waals surface area contributed by atoms with Crippen molar-refractivity contribution >= 4 is 24.8 Å². The largest absolute Gasteiger partial charge is 0.314 e. The van der Waals surface area contributed by atoms with Crippen LogP contribution in [0.25, 0.3) is 0 Å². The lowest BCUT2D eigenvalue weighted by atomic mass is 10.1. The van der Waals surface area contributed by atoms with Crippen molar-refractivity contribution < 1.29 is 0 Å². The number of hydrogen-bond donors (Lipinski definition) is 1. The van der Waals surface area contributed by atoms with Crippen molar-refractivity contribution in [3.05, 3.63) is 35.4 Å². The van der Waals surface area contributed by atoms with Gasteiger partial charge in [-0.05, 0) is 18.9 Å². The van der Waals surface area contributed by atoms with Crippen molar-refractivity contribution in [1.82, 2.24) is 10.2 Å². The molecule has 98 valence electrons. The Bertz CT molecular complexity index is 295. The molecule has 1 fully saturated rings. The summed E-state index contributed by atoms with van der Waals surface area (Å²) in [5, 5.41) is 3.38. The summed E-state index contributed by atoms with van der Waals surface area (Å²) in [7, 11) is 0. The predicted molar refractivity (Wildman–Crippen MR) is 78.7 cm³/mol. The first-order chi connectivity index (χ1) is 7.34. The second kappa shape index (κ2) is 8.76. The van der Waals surface area contributed by atoms with E-state index in [1.807, 2.05) is 0 Å². The molecule has 0 amide bonds. The molecular formula is C13H22Cl2N2. The molecule has 1 aliphatic rings. The van der Waals surface area contributed by atoms with Crippen LogP contribution in [-0.2, 0) is 6.42 Å². The molecule has 1 aliphatic heterocycles. The Morgan fingerprint density at radius 1 is 1.06 bits per heavy atom. The minimum absolute atomic E-state index is 0. The lowest BCUT2D eigenvalue weighted by Gasteiger charge is -2.27. The molecule has 0 unspecified atom stereocenters. The first kappa shape index (κ1) is 16.7. The summed E-state index contributed by atoms with van der Waals surface area (Å²) in [5.74, 6) is 0. The van der Waals surface area contributed by atoms with Crippen molar-refractivity contribution in [1.29, 1.82) is 0 Å². The quantitative estimate of drug-likeness (QED) is 0.912. The highest BCUT2D eigenvalue weighted by atomic mass is 35.5. The van der Waals surface area contributed by atoms with Crippen LogP contribution in [-0.4, -0.2) is 37.6 Å². The first-order valence-corrected chi connectivity index (χ1v) is 5.83. The first-order valence-electron chi connectivity index (χ1n) is 5.83. The van der Waals surface area contributed by atoms with Crippen LogP contribution in [0.5, 0.6) is 0 Å².